The van der Waals surface area contributed by atoms with Crippen molar-refractivity contribution in [3.63, 3.8) is 0 Å². The van der Waals surface area contributed by atoms with Crippen molar-refractivity contribution in [3.05, 3.63) is 23.0 Å². The molecule has 0 unspecified atom stereocenters. The molecular weight excluding hydrogens is 289 g/mol. The number of nitrogens with zero attached hydrogens (tertiary/aromatic N) is 1. The highest BCUT2D eigenvalue weighted by Gasteiger charge is 2.40. The van der Waals surface area contributed by atoms with Crippen molar-refractivity contribution >= 4 is 5.97 Å². The molecule has 0 amide bonds. The van der Waals surface area contributed by atoms with Gasteiger partial charge in [0.1, 0.15) is 0 Å². The van der Waals surface area contributed by atoms with E-state index in [2.05, 4.69) is 14.5 Å². The van der Waals surface area contributed by atoms with Crippen LogP contribution >= 0.6 is 0 Å². The van der Waals surface area contributed by atoms with Crippen molar-refractivity contribution < 1.29 is 36.2 Å². The van der Waals surface area contributed by atoms with Crippen LogP contribution in [0, 0.1) is 0 Å². The van der Waals surface area contributed by atoms with Crippen LogP contribution in [-0.4, -0.2) is 24.7 Å². The molecule has 0 fully saturated rings. The quantitative estimate of drug-likeness (QED) is 0.632. The number of hydrogen-bond donors (Lipinski definition) is 0. The Hall–Kier alpha value is -1.93. The van der Waals surface area contributed by atoms with E-state index in [1.54, 1.807) is 0 Å². The molecule has 4 nitrogen and oxygen atoms in total. The fraction of sp³-hybridized carbons (Fsp3) is 0.455. The summed E-state index contributed by atoms with van der Waals surface area (Å²) in [5.74, 6) is -2.08. The van der Waals surface area contributed by atoms with Crippen LogP contribution < -0.4 is 4.74 Å². The zero-order valence-corrected chi connectivity index (χ0v) is 10.4. The van der Waals surface area contributed by atoms with Gasteiger partial charge in [0.15, 0.2) is 11.4 Å². The van der Waals surface area contributed by atoms with Crippen LogP contribution in [0.1, 0.15) is 35.0 Å². The van der Waals surface area contributed by atoms with E-state index in [1.165, 1.54) is 6.92 Å². The lowest BCUT2D eigenvalue weighted by Gasteiger charge is -2.17. The Bertz CT molecular complexity index is 502. The number of esters is 1. The third-order valence-electron chi connectivity index (χ3n) is 2.27. The Morgan fingerprint density at radius 2 is 2.00 bits per heavy atom. The monoisotopic (exact) mass is 299 g/mol. The van der Waals surface area contributed by atoms with Gasteiger partial charge in [-0.25, -0.2) is 18.6 Å². The molecule has 0 aliphatic rings. The summed E-state index contributed by atoms with van der Waals surface area (Å²) in [6.07, 6.45) is -8.37. The highest BCUT2D eigenvalue weighted by Crippen LogP contribution is 2.41. The fourth-order valence-electron chi connectivity index (χ4n) is 1.50. The molecule has 0 N–H and O–H groups in total. The number of aromatic nitrogens is 1. The molecule has 0 spiro atoms. The molecular formula is C11H10F5NO3. The summed E-state index contributed by atoms with van der Waals surface area (Å²) in [7, 11) is 0.867. The van der Waals surface area contributed by atoms with Crippen molar-refractivity contribution in [3.8, 4) is 5.75 Å². The van der Waals surface area contributed by atoms with E-state index in [-0.39, 0.29) is 12.8 Å². The van der Waals surface area contributed by atoms with Gasteiger partial charge in [-0.2, -0.15) is 13.2 Å². The van der Waals surface area contributed by atoms with Gasteiger partial charge in [0, 0.05) is 6.20 Å². The number of carbonyl (C=O) groups excluding carboxylic acids is 1. The molecule has 112 valence electrons. The predicted molar refractivity (Wildman–Crippen MR) is 56.7 cm³/mol. The summed E-state index contributed by atoms with van der Waals surface area (Å²) in [6.45, 7) is 1.36. The number of methoxy groups -OCH3 is 1. The van der Waals surface area contributed by atoms with Gasteiger partial charge in [-0.05, 0) is 6.92 Å². The van der Waals surface area contributed by atoms with Crippen LogP contribution in [0.4, 0.5) is 22.0 Å². The third-order valence-corrected chi connectivity index (χ3v) is 2.27. The van der Waals surface area contributed by atoms with Gasteiger partial charge in [0.25, 0.3) is 6.43 Å². The van der Waals surface area contributed by atoms with Crippen LogP contribution in [0.25, 0.3) is 0 Å². The molecule has 0 saturated heterocycles. The van der Waals surface area contributed by atoms with E-state index in [0.29, 0.717) is 0 Å². The normalized spacial score (nSPS) is 11.6. The van der Waals surface area contributed by atoms with E-state index >= 15 is 0 Å². The van der Waals surface area contributed by atoms with E-state index in [4.69, 9.17) is 0 Å². The van der Waals surface area contributed by atoms with Gasteiger partial charge in [0.05, 0.1) is 24.8 Å². The lowest BCUT2D eigenvalue weighted by Crippen LogP contribution is -2.16. The first-order valence-electron chi connectivity index (χ1n) is 5.33. The van der Waals surface area contributed by atoms with E-state index in [1.807, 2.05) is 0 Å². The number of alkyl halides is 5. The maximum Gasteiger partial charge on any atom is 0.418 e. The predicted octanol–water partition coefficient (Wildman–Crippen LogP) is 3.22. The molecule has 1 heterocycles. The lowest BCUT2D eigenvalue weighted by molar-refractivity contribution is -0.140. The Balaban J connectivity index is 3.54. The van der Waals surface area contributed by atoms with E-state index in [9.17, 15) is 26.7 Å². The summed E-state index contributed by atoms with van der Waals surface area (Å²) in [6, 6.07) is 0. The first-order chi connectivity index (χ1) is 9.23. The second-order valence-corrected chi connectivity index (χ2v) is 3.49. The van der Waals surface area contributed by atoms with Crippen molar-refractivity contribution in [1.29, 1.82) is 0 Å². The molecule has 0 aromatic carbocycles. The number of ether oxygens (including phenoxy) is 2. The molecule has 20 heavy (non-hydrogen) atoms. The first-order valence-corrected chi connectivity index (χ1v) is 5.33. The molecule has 0 saturated carbocycles. The molecule has 0 aliphatic heterocycles. The molecule has 0 radical (unpaired) electrons. The van der Waals surface area contributed by atoms with Gasteiger partial charge in [-0.1, -0.05) is 0 Å². The summed E-state index contributed by atoms with van der Waals surface area (Å²) in [4.78, 5) is 14.7. The van der Waals surface area contributed by atoms with Crippen molar-refractivity contribution in [1.82, 2.24) is 4.98 Å². The molecule has 0 atom stereocenters. The SMILES string of the molecule is CCOC(=O)c1ncc(C(F)(F)F)c(C(F)F)c1OC. The zero-order chi connectivity index (χ0) is 15.5. The summed E-state index contributed by atoms with van der Waals surface area (Å²) < 4.78 is 72.8. The van der Waals surface area contributed by atoms with Crippen molar-refractivity contribution in [2.24, 2.45) is 0 Å². The molecule has 1 aromatic heterocycles. The molecule has 0 aliphatic carbocycles. The number of pyridine rings is 1. The maximum atomic E-state index is 12.9. The highest BCUT2D eigenvalue weighted by molar-refractivity contribution is 5.91. The van der Waals surface area contributed by atoms with E-state index < -0.39 is 41.1 Å². The van der Waals surface area contributed by atoms with Gasteiger partial charge in [-0.15, -0.1) is 0 Å². The number of rotatable bonds is 4. The van der Waals surface area contributed by atoms with Gasteiger partial charge >= 0.3 is 12.1 Å². The second-order valence-electron chi connectivity index (χ2n) is 3.49. The minimum absolute atomic E-state index is 0.0886. The maximum absolute atomic E-state index is 12.9. The van der Waals surface area contributed by atoms with Gasteiger partial charge in [0.2, 0.25) is 0 Å². The molecule has 1 rings (SSSR count). The summed E-state index contributed by atoms with van der Waals surface area (Å²) >= 11 is 0. The molecule has 9 heteroatoms. The number of halogens is 5. The van der Waals surface area contributed by atoms with Gasteiger partial charge in [-0.3, -0.25) is 0 Å². The second kappa shape index (κ2) is 6.02. The van der Waals surface area contributed by atoms with Crippen LogP contribution in [0.3, 0.4) is 0 Å². The highest BCUT2D eigenvalue weighted by atomic mass is 19.4. The van der Waals surface area contributed by atoms with Crippen molar-refractivity contribution in [2.75, 3.05) is 13.7 Å². The Kier molecular flexibility index (Phi) is 4.85. The first kappa shape index (κ1) is 16.1. The Labute approximate surface area is 110 Å². The topological polar surface area (TPSA) is 48.4 Å². The lowest BCUT2D eigenvalue weighted by atomic mass is 10.1. The third kappa shape index (κ3) is 3.14. The van der Waals surface area contributed by atoms with Crippen LogP contribution in [0.15, 0.2) is 6.20 Å². The average molecular weight is 299 g/mol. The Morgan fingerprint density at radius 3 is 2.40 bits per heavy atom. The minimum Gasteiger partial charge on any atom is -0.494 e. The fourth-order valence-corrected chi connectivity index (χ4v) is 1.50. The number of carbonyl (C=O) groups is 1. The van der Waals surface area contributed by atoms with Crippen LogP contribution in [-0.2, 0) is 10.9 Å². The average Bonchev–Trinajstić information content (AvgIpc) is 2.35. The zero-order valence-electron chi connectivity index (χ0n) is 10.4. The Morgan fingerprint density at radius 1 is 1.40 bits per heavy atom. The van der Waals surface area contributed by atoms with Crippen molar-refractivity contribution in [2.45, 2.75) is 19.5 Å². The minimum atomic E-state index is -5.04. The summed E-state index contributed by atoms with van der Waals surface area (Å²) in [5, 5.41) is 0. The van der Waals surface area contributed by atoms with Crippen LogP contribution in [0.2, 0.25) is 0 Å². The number of hydrogen-bond acceptors (Lipinski definition) is 4. The smallest absolute Gasteiger partial charge is 0.418 e. The summed E-state index contributed by atoms with van der Waals surface area (Å²) in [5.41, 5.74) is -3.81. The largest absolute Gasteiger partial charge is 0.494 e. The van der Waals surface area contributed by atoms with E-state index in [0.717, 1.165) is 7.11 Å². The van der Waals surface area contributed by atoms with Gasteiger partial charge < -0.3 is 9.47 Å². The van der Waals surface area contributed by atoms with Crippen LogP contribution in [0.5, 0.6) is 5.75 Å². The standard InChI is InChI=1S/C11H10F5NO3/c1-3-20-10(18)7-8(19-2)6(9(12)13)5(4-17-7)11(14,15)16/h4,9H,3H2,1-2H3. The molecule has 1 aromatic rings. The molecule has 0 bridgehead atoms.